The lowest BCUT2D eigenvalue weighted by Crippen LogP contribution is -2.05. The Hall–Kier alpha value is -1.62. The van der Waals surface area contributed by atoms with Crippen molar-refractivity contribution < 1.29 is 13.2 Å². The van der Waals surface area contributed by atoms with Crippen molar-refractivity contribution in [2.24, 2.45) is 5.73 Å². The van der Waals surface area contributed by atoms with Crippen LogP contribution in [-0.4, -0.2) is 20.6 Å². The van der Waals surface area contributed by atoms with E-state index in [-0.39, 0.29) is 4.90 Å². The van der Waals surface area contributed by atoms with E-state index >= 15 is 0 Å². The number of rotatable bonds is 3. The highest BCUT2D eigenvalue weighted by atomic mass is 32.2. The lowest BCUT2D eigenvalue weighted by molar-refractivity contribution is -0.113. The SMILES string of the molecule is CS(=O)(=O)c1cccc(C=CC(N)=O)c1. The van der Waals surface area contributed by atoms with Gasteiger partial charge in [-0.25, -0.2) is 8.42 Å². The van der Waals surface area contributed by atoms with Crippen LogP contribution in [0.3, 0.4) is 0 Å². The Morgan fingerprint density at radius 1 is 1.40 bits per heavy atom. The largest absolute Gasteiger partial charge is 0.366 e. The summed E-state index contributed by atoms with van der Waals surface area (Å²) in [5.41, 5.74) is 5.54. The van der Waals surface area contributed by atoms with Gasteiger partial charge in [-0.05, 0) is 23.8 Å². The highest BCUT2D eigenvalue weighted by molar-refractivity contribution is 7.90. The summed E-state index contributed by atoms with van der Waals surface area (Å²) in [6, 6.07) is 6.27. The molecule has 0 saturated carbocycles. The van der Waals surface area contributed by atoms with E-state index in [9.17, 15) is 13.2 Å². The van der Waals surface area contributed by atoms with Gasteiger partial charge in [-0.15, -0.1) is 0 Å². The quantitative estimate of drug-likeness (QED) is 0.765. The molecule has 0 aliphatic rings. The summed E-state index contributed by atoms with van der Waals surface area (Å²) >= 11 is 0. The number of primary amides is 1. The molecule has 0 heterocycles. The molecule has 1 amide bonds. The van der Waals surface area contributed by atoms with Gasteiger partial charge in [-0.1, -0.05) is 12.1 Å². The topological polar surface area (TPSA) is 77.2 Å². The molecule has 0 spiro atoms. The third kappa shape index (κ3) is 3.55. The van der Waals surface area contributed by atoms with Crippen molar-refractivity contribution in [3.8, 4) is 0 Å². The van der Waals surface area contributed by atoms with Crippen LogP contribution in [0, 0.1) is 0 Å². The third-order valence-electron chi connectivity index (χ3n) is 1.73. The zero-order valence-corrected chi connectivity index (χ0v) is 8.99. The first-order valence-electron chi connectivity index (χ1n) is 4.17. The second-order valence-electron chi connectivity index (χ2n) is 3.08. The van der Waals surface area contributed by atoms with E-state index in [1.807, 2.05) is 0 Å². The zero-order valence-electron chi connectivity index (χ0n) is 8.17. The van der Waals surface area contributed by atoms with E-state index in [0.29, 0.717) is 5.56 Å². The Morgan fingerprint density at radius 3 is 2.60 bits per heavy atom. The maximum Gasteiger partial charge on any atom is 0.241 e. The Morgan fingerprint density at radius 2 is 2.07 bits per heavy atom. The molecule has 0 bridgehead atoms. The van der Waals surface area contributed by atoms with Crippen LogP contribution in [0.1, 0.15) is 5.56 Å². The van der Waals surface area contributed by atoms with Gasteiger partial charge in [0.15, 0.2) is 9.84 Å². The standard InChI is InChI=1S/C10H11NO3S/c1-15(13,14)9-4-2-3-8(7-9)5-6-10(11)12/h2-7H,1H3,(H2,11,12). The van der Waals surface area contributed by atoms with E-state index in [1.165, 1.54) is 24.3 Å². The Balaban J connectivity index is 3.09. The molecule has 2 N–H and O–H groups in total. The number of amides is 1. The molecule has 4 nitrogen and oxygen atoms in total. The minimum atomic E-state index is -3.21. The van der Waals surface area contributed by atoms with Crippen molar-refractivity contribution in [3.63, 3.8) is 0 Å². The number of carbonyl (C=O) groups excluding carboxylic acids is 1. The lowest BCUT2D eigenvalue weighted by atomic mass is 10.2. The number of hydrogen-bond donors (Lipinski definition) is 1. The second kappa shape index (κ2) is 4.27. The summed E-state index contributed by atoms with van der Waals surface area (Å²) in [4.78, 5) is 10.7. The monoisotopic (exact) mass is 225 g/mol. The minimum Gasteiger partial charge on any atom is -0.366 e. The van der Waals surface area contributed by atoms with Crippen molar-refractivity contribution in [3.05, 3.63) is 35.9 Å². The van der Waals surface area contributed by atoms with Gasteiger partial charge in [0.2, 0.25) is 5.91 Å². The van der Waals surface area contributed by atoms with Gasteiger partial charge in [-0.2, -0.15) is 0 Å². The summed E-state index contributed by atoms with van der Waals surface area (Å²) in [5, 5.41) is 0. The van der Waals surface area contributed by atoms with Crippen molar-refractivity contribution in [1.82, 2.24) is 0 Å². The third-order valence-corrected chi connectivity index (χ3v) is 2.84. The maximum absolute atomic E-state index is 11.2. The van der Waals surface area contributed by atoms with Crippen molar-refractivity contribution in [2.75, 3.05) is 6.26 Å². The van der Waals surface area contributed by atoms with E-state index in [2.05, 4.69) is 0 Å². The minimum absolute atomic E-state index is 0.217. The molecule has 0 fully saturated rings. The maximum atomic E-state index is 11.2. The van der Waals surface area contributed by atoms with Gasteiger partial charge in [0.25, 0.3) is 0 Å². The molecule has 0 aliphatic carbocycles. The van der Waals surface area contributed by atoms with Gasteiger partial charge >= 0.3 is 0 Å². The number of nitrogens with two attached hydrogens (primary N) is 1. The molecular formula is C10H11NO3S. The van der Waals surface area contributed by atoms with Gasteiger partial charge in [0, 0.05) is 12.3 Å². The second-order valence-corrected chi connectivity index (χ2v) is 5.10. The first-order valence-corrected chi connectivity index (χ1v) is 6.06. The van der Waals surface area contributed by atoms with Crippen LogP contribution in [-0.2, 0) is 14.6 Å². The summed E-state index contributed by atoms with van der Waals surface area (Å²) in [6.45, 7) is 0. The van der Waals surface area contributed by atoms with Gasteiger partial charge in [0.1, 0.15) is 0 Å². The molecule has 0 radical (unpaired) electrons. The zero-order chi connectivity index (χ0) is 11.5. The van der Waals surface area contributed by atoms with Gasteiger partial charge < -0.3 is 5.73 Å². The number of benzene rings is 1. The summed E-state index contributed by atoms with van der Waals surface area (Å²) in [7, 11) is -3.21. The molecule has 0 aliphatic heterocycles. The number of hydrogen-bond acceptors (Lipinski definition) is 3. The smallest absolute Gasteiger partial charge is 0.241 e. The van der Waals surface area contributed by atoms with Gasteiger partial charge in [0.05, 0.1) is 4.90 Å². The Kier molecular flexibility index (Phi) is 3.26. The molecule has 0 aromatic heterocycles. The molecule has 5 heteroatoms. The van der Waals surface area contributed by atoms with E-state index < -0.39 is 15.7 Å². The van der Waals surface area contributed by atoms with Crippen LogP contribution < -0.4 is 5.73 Å². The first kappa shape index (κ1) is 11.5. The molecular weight excluding hydrogens is 214 g/mol. The normalized spacial score (nSPS) is 11.8. The lowest BCUT2D eigenvalue weighted by Gasteiger charge is -1.98. The number of sulfone groups is 1. The molecule has 15 heavy (non-hydrogen) atoms. The van der Waals surface area contributed by atoms with Crippen molar-refractivity contribution >= 4 is 21.8 Å². The summed E-state index contributed by atoms with van der Waals surface area (Å²) in [6.07, 6.45) is 3.78. The van der Waals surface area contributed by atoms with E-state index in [0.717, 1.165) is 6.26 Å². The van der Waals surface area contributed by atoms with Crippen LogP contribution in [0.4, 0.5) is 0 Å². The van der Waals surface area contributed by atoms with Crippen molar-refractivity contribution in [2.45, 2.75) is 4.90 Å². The summed E-state index contributed by atoms with van der Waals surface area (Å²) in [5.74, 6) is -0.570. The van der Waals surface area contributed by atoms with Crippen LogP contribution in [0.2, 0.25) is 0 Å². The fourth-order valence-electron chi connectivity index (χ4n) is 1.03. The molecule has 1 aromatic carbocycles. The predicted molar refractivity (Wildman–Crippen MR) is 57.8 cm³/mol. The molecule has 0 unspecified atom stereocenters. The Labute approximate surface area is 88.3 Å². The van der Waals surface area contributed by atoms with Crippen molar-refractivity contribution in [1.29, 1.82) is 0 Å². The van der Waals surface area contributed by atoms with Crippen LogP contribution in [0.15, 0.2) is 35.2 Å². The van der Waals surface area contributed by atoms with E-state index in [1.54, 1.807) is 12.1 Å². The fourth-order valence-corrected chi connectivity index (χ4v) is 1.70. The molecule has 0 atom stereocenters. The highest BCUT2D eigenvalue weighted by Gasteiger charge is 2.05. The molecule has 0 saturated heterocycles. The molecule has 1 rings (SSSR count). The first-order chi connectivity index (χ1) is 6.89. The van der Waals surface area contributed by atoms with Crippen LogP contribution in [0.25, 0.3) is 6.08 Å². The van der Waals surface area contributed by atoms with Crippen LogP contribution >= 0.6 is 0 Å². The number of carbonyl (C=O) groups is 1. The molecule has 80 valence electrons. The highest BCUT2D eigenvalue weighted by Crippen LogP contribution is 2.12. The van der Waals surface area contributed by atoms with Gasteiger partial charge in [-0.3, -0.25) is 4.79 Å². The average molecular weight is 225 g/mol. The summed E-state index contributed by atoms with van der Waals surface area (Å²) < 4.78 is 22.4. The van der Waals surface area contributed by atoms with Crippen LogP contribution in [0.5, 0.6) is 0 Å². The van der Waals surface area contributed by atoms with E-state index in [4.69, 9.17) is 5.73 Å². The average Bonchev–Trinajstić information content (AvgIpc) is 2.14. The Bertz CT molecular complexity index is 503. The predicted octanol–water partition coefficient (Wildman–Crippen LogP) is 0.589. The fraction of sp³-hybridized carbons (Fsp3) is 0.100. The molecule has 1 aromatic rings.